The lowest BCUT2D eigenvalue weighted by molar-refractivity contribution is -0.111. The van der Waals surface area contributed by atoms with Crippen LogP contribution in [0.1, 0.15) is 40.0 Å². The number of hydrogen-bond acceptors (Lipinski definition) is 5. The van der Waals surface area contributed by atoms with Gasteiger partial charge in [0.2, 0.25) is 5.91 Å². The number of nitriles is 1. The van der Waals surface area contributed by atoms with E-state index in [1.807, 2.05) is 42.5 Å². The third-order valence-electron chi connectivity index (χ3n) is 5.42. The number of carbonyl (C=O) groups excluding carboxylic acids is 1. The van der Waals surface area contributed by atoms with Gasteiger partial charge in [0.15, 0.2) is 11.5 Å². The zero-order chi connectivity index (χ0) is 23.2. The number of nitrogens with one attached hydrogen (secondary N) is 1. The van der Waals surface area contributed by atoms with Gasteiger partial charge in [-0.25, -0.2) is 0 Å². The van der Waals surface area contributed by atoms with Crippen LogP contribution in [0.25, 0.3) is 6.08 Å². The fourth-order valence-corrected chi connectivity index (χ4v) is 5.62. The van der Waals surface area contributed by atoms with Gasteiger partial charge in [0.25, 0.3) is 0 Å². The van der Waals surface area contributed by atoms with Gasteiger partial charge in [-0.2, -0.15) is 5.26 Å². The van der Waals surface area contributed by atoms with Crippen LogP contribution in [-0.2, 0) is 24.2 Å². The third kappa shape index (κ3) is 5.47. The minimum atomic E-state index is -0.274. The second kappa shape index (κ2) is 10.7. The first kappa shape index (κ1) is 23.1. The summed E-state index contributed by atoms with van der Waals surface area (Å²) in [6.45, 7) is 0.416. The molecular formula is C26H23BrN2O3S. The summed E-state index contributed by atoms with van der Waals surface area (Å²) in [5, 5.41) is 13.1. The Morgan fingerprint density at radius 1 is 1.24 bits per heavy atom. The Bertz CT molecular complexity index is 1230. The molecule has 0 aliphatic heterocycles. The zero-order valence-electron chi connectivity index (χ0n) is 18.2. The Morgan fingerprint density at radius 3 is 2.79 bits per heavy atom. The highest BCUT2D eigenvalue weighted by atomic mass is 79.9. The molecule has 1 amide bonds. The minimum Gasteiger partial charge on any atom is -0.493 e. The highest BCUT2D eigenvalue weighted by Crippen LogP contribution is 2.39. The van der Waals surface area contributed by atoms with Crippen LogP contribution in [0.5, 0.6) is 11.5 Å². The topological polar surface area (TPSA) is 71.3 Å². The summed E-state index contributed by atoms with van der Waals surface area (Å²) in [5.74, 6) is 0.897. The van der Waals surface area contributed by atoms with Crippen molar-refractivity contribution in [2.45, 2.75) is 32.3 Å². The van der Waals surface area contributed by atoms with Crippen molar-refractivity contribution in [2.24, 2.45) is 0 Å². The second-order valence-electron chi connectivity index (χ2n) is 7.66. The first-order valence-electron chi connectivity index (χ1n) is 10.7. The largest absolute Gasteiger partial charge is 0.493 e. The lowest BCUT2D eigenvalue weighted by Gasteiger charge is -2.13. The maximum absolute atomic E-state index is 12.6. The smallest absolute Gasteiger partial charge is 0.249 e. The van der Waals surface area contributed by atoms with Crippen molar-refractivity contribution in [3.63, 3.8) is 0 Å². The quantitative estimate of drug-likeness (QED) is 0.359. The molecule has 0 spiro atoms. The molecule has 0 bridgehead atoms. The number of rotatable bonds is 7. The number of carbonyl (C=O) groups is 1. The number of ether oxygens (including phenoxy) is 2. The Hall–Kier alpha value is -3.08. The lowest BCUT2D eigenvalue weighted by Crippen LogP contribution is -2.08. The van der Waals surface area contributed by atoms with Crippen LogP contribution in [0, 0.1) is 11.3 Å². The average molecular weight is 523 g/mol. The molecule has 3 aromatic rings. The Morgan fingerprint density at radius 2 is 2.03 bits per heavy atom. The number of thiophene rings is 1. The predicted octanol–water partition coefficient (Wildman–Crippen LogP) is 6.50. The maximum atomic E-state index is 12.6. The molecule has 0 unspecified atom stereocenters. The molecule has 0 saturated carbocycles. The van der Waals surface area contributed by atoms with E-state index in [0.29, 0.717) is 28.7 Å². The normalized spacial score (nSPS) is 12.8. The Labute approximate surface area is 205 Å². The number of amides is 1. The predicted molar refractivity (Wildman–Crippen MR) is 135 cm³/mol. The van der Waals surface area contributed by atoms with E-state index < -0.39 is 0 Å². The van der Waals surface area contributed by atoms with Gasteiger partial charge in [0.05, 0.1) is 17.1 Å². The van der Waals surface area contributed by atoms with Gasteiger partial charge < -0.3 is 14.8 Å². The highest BCUT2D eigenvalue weighted by molar-refractivity contribution is 9.10. The van der Waals surface area contributed by atoms with Crippen LogP contribution in [0.4, 0.5) is 5.00 Å². The molecule has 4 rings (SSSR count). The SMILES string of the molecule is COc1cc(C=CC(=O)Nc2sc3c(c2C#N)CCCC3)cc(Br)c1OCc1ccccc1. The van der Waals surface area contributed by atoms with E-state index in [0.717, 1.165) is 46.8 Å². The van der Waals surface area contributed by atoms with Crippen molar-refractivity contribution >= 4 is 44.3 Å². The molecule has 0 atom stereocenters. The number of fused-ring (bicyclic) bond motifs is 1. The number of methoxy groups -OCH3 is 1. The molecule has 0 radical (unpaired) electrons. The number of aryl methyl sites for hydroxylation is 1. The molecule has 5 nitrogen and oxygen atoms in total. The van der Waals surface area contributed by atoms with Crippen molar-refractivity contribution in [3.05, 3.63) is 80.1 Å². The number of nitrogens with zero attached hydrogens (tertiary/aromatic N) is 1. The molecule has 1 aliphatic carbocycles. The van der Waals surface area contributed by atoms with Gasteiger partial charge in [-0.1, -0.05) is 30.3 Å². The second-order valence-corrected chi connectivity index (χ2v) is 9.62. The van der Waals surface area contributed by atoms with Gasteiger partial charge >= 0.3 is 0 Å². The molecule has 0 saturated heterocycles. The van der Waals surface area contributed by atoms with Crippen molar-refractivity contribution in [1.82, 2.24) is 0 Å². The van der Waals surface area contributed by atoms with Gasteiger partial charge in [-0.05, 0) is 76.5 Å². The van der Waals surface area contributed by atoms with E-state index in [9.17, 15) is 10.1 Å². The molecule has 7 heteroatoms. The molecule has 1 aliphatic rings. The molecule has 1 heterocycles. The molecule has 1 N–H and O–H groups in total. The molecule has 2 aromatic carbocycles. The van der Waals surface area contributed by atoms with E-state index in [2.05, 4.69) is 27.3 Å². The summed E-state index contributed by atoms with van der Waals surface area (Å²) in [7, 11) is 1.58. The molecule has 1 aromatic heterocycles. The molecular weight excluding hydrogens is 500 g/mol. The number of hydrogen-bond donors (Lipinski definition) is 1. The van der Waals surface area contributed by atoms with Crippen molar-refractivity contribution in [1.29, 1.82) is 5.26 Å². The minimum absolute atomic E-state index is 0.274. The maximum Gasteiger partial charge on any atom is 0.249 e. The standard InChI is InChI=1S/C26H23BrN2O3S/c1-31-22-14-18(13-21(27)25(22)32-16-17-7-3-2-4-8-17)11-12-24(30)29-26-20(15-28)19-9-5-6-10-23(19)33-26/h2-4,7-8,11-14H,5-6,9-10,16H2,1H3,(H,29,30). The summed E-state index contributed by atoms with van der Waals surface area (Å²) in [6.07, 6.45) is 7.29. The zero-order valence-corrected chi connectivity index (χ0v) is 20.6. The van der Waals surface area contributed by atoms with E-state index in [1.54, 1.807) is 13.2 Å². The van der Waals surface area contributed by atoms with Crippen LogP contribution in [0.2, 0.25) is 0 Å². The van der Waals surface area contributed by atoms with Gasteiger partial charge in [-0.15, -0.1) is 11.3 Å². The van der Waals surface area contributed by atoms with E-state index >= 15 is 0 Å². The van der Waals surface area contributed by atoms with Crippen LogP contribution >= 0.6 is 27.3 Å². The Kier molecular flexibility index (Phi) is 7.48. The van der Waals surface area contributed by atoms with Crippen molar-refractivity contribution in [3.8, 4) is 17.6 Å². The Balaban J connectivity index is 1.47. The van der Waals surface area contributed by atoms with Gasteiger partial charge in [0.1, 0.15) is 17.7 Å². The van der Waals surface area contributed by atoms with Crippen LogP contribution in [0.3, 0.4) is 0 Å². The van der Waals surface area contributed by atoms with Gasteiger partial charge in [0, 0.05) is 11.0 Å². The molecule has 33 heavy (non-hydrogen) atoms. The van der Waals surface area contributed by atoms with E-state index in [1.165, 1.54) is 22.3 Å². The number of halogens is 1. The fraction of sp³-hybridized carbons (Fsp3) is 0.231. The highest BCUT2D eigenvalue weighted by Gasteiger charge is 2.21. The first-order chi connectivity index (χ1) is 16.1. The third-order valence-corrected chi connectivity index (χ3v) is 7.22. The average Bonchev–Trinajstić information content (AvgIpc) is 3.19. The monoisotopic (exact) mass is 522 g/mol. The van der Waals surface area contributed by atoms with Crippen LogP contribution in [0.15, 0.2) is 53.0 Å². The molecule has 0 fully saturated rings. The molecule has 168 valence electrons. The van der Waals surface area contributed by atoms with E-state index in [4.69, 9.17) is 9.47 Å². The number of benzene rings is 2. The summed E-state index contributed by atoms with van der Waals surface area (Å²) < 4.78 is 12.2. The summed E-state index contributed by atoms with van der Waals surface area (Å²) in [5.41, 5.74) is 3.56. The first-order valence-corrected chi connectivity index (χ1v) is 12.3. The number of anilines is 1. The van der Waals surface area contributed by atoms with Crippen molar-refractivity contribution < 1.29 is 14.3 Å². The fourth-order valence-electron chi connectivity index (χ4n) is 3.80. The van der Waals surface area contributed by atoms with E-state index in [-0.39, 0.29) is 5.91 Å². The van der Waals surface area contributed by atoms with Crippen molar-refractivity contribution in [2.75, 3.05) is 12.4 Å². The van der Waals surface area contributed by atoms with Gasteiger partial charge in [-0.3, -0.25) is 4.79 Å². The summed E-state index contributed by atoms with van der Waals surface area (Å²) in [6, 6.07) is 15.9. The summed E-state index contributed by atoms with van der Waals surface area (Å²) in [4.78, 5) is 13.8. The van der Waals surface area contributed by atoms with Crippen LogP contribution < -0.4 is 14.8 Å². The lowest BCUT2D eigenvalue weighted by atomic mass is 9.96. The van der Waals surface area contributed by atoms with Crippen LogP contribution in [-0.4, -0.2) is 13.0 Å². The summed E-state index contributed by atoms with van der Waals surface area (Å²) >= 11 is 5.07.